The van der Waals surface area contributed by atoms with Crippen LogP contribution in [0.1, 0.15) is 24.0 Å². The van der Waals surface area contributed by atoms with Crippen molar-refractivity contribution in [1.29, 1.82) is 0 Å². The number of esters is 1. The Morgan fingerprint density at radius 2 is 2.23 bits per heavy atom. The van der Waals surface area contributed by atoms with Crippen LogP contribution in [0, 0.1) is 24.6 Å². The summed E-state index contributed by atoms with van der Waals surface area (Å²) in [5.41, 5.74) is 1.22. The number of nitrogens with zero attached hydrogens (tertiary/aromatic N) is 1. The lowest BCUT2D eigenvalue weighted by Crippen LogP contribution is -2.48. The monoisotopic (exact) mass is 305 g/mol. The first kappa shape index (κ1) is 16.7. The lowest BCUT2D eigenvalue weighted by atomic mass is 9.72. The molecule has 1 aromatic rings. The molecule has 0 saturated carbocycles. The minimum Gasteiger partial charge on any atom is -0.466 e. The molecule has 1 aliphatic heterocycles. The Morgan fingerprint density at radius 1 is 1.50 bits per heavy atom. The number of aldehydes is 1. The summed E-state index contributed by atoms with van der Waals surface area (Å²) >= 11 is 0. The minimum atomic E-state index is -0.464. The highest BCUT2D eigenvalue weighted by atomic mass is 19.1. The average Bonchev–Trinajstić information content (AvgIpc) is 2.49. The van der Waals surface area contributed by atoms with E-state index in [1.807, 2.05) is 12.8 Å². The standard InChI is InChI=1S/C16H21BFNO3/c1-3-22-16(21)13-8-19(17)7-11(9-20)15(13)12-5-4-6-14(18)10(12)2/h4-6,9,11,13,15H,3,7-8,17H2,1-2H3/t11-,13-,15+/m0/s1. The van der Waals surface area contributed by atoms with E-state index in [1.54, 1.807) is 26.0 Å². The van der Waals surface area contributed by atoms with Gasteiger partial charge in [0.05, 0.1) is 12.5 Å². The number of hydrogen-bond acceptors (Lipinski definition) is 4. The predicted molar refractivity (Wildman–Crippen MR) is 83.7 cm³/mol. The third-order valence-electron chi connectivity index (χ3n) is 4.36. The normalized spacial score (nSPS) is 25.7. The van der Waals surface area contributed by atoms with Gasteiger partial charge in [0.15, 0.2) is 7.98 Å². The van der Waals surface area contributed by atoms with Gasteiger partial charge in [0.1, 0.15) is 12.1 Å². The second-order valence-electron chi connectivity index (χ2n) is 5.86. The van der Waals surface area contributed by atoms with E-state index in [9.17, 15) is 14.0 Å². The minimum absolute atomic E-state index is 0.291. The summed E-state index contributed by atoms with van der Waals surface area (Å²) in [7, 11) is 1.87. The molecule has 1 saturated heterocycles. The summed E-state index contributed by atoms with van der Waals surface area (Å²) in [5.74, 6) is -1.80. The molecule has 0 radical (unpaired) electrons. The van der Waals surface area contributed by atoms with Gasteiger partial charge in [0, 0.05) is 18.4 Å². The van der Waals surface area contributed by atoms with E-state index in [4.69, 9.17) is 4.74 Å². The molecule has 0 aliphatic carbocycles. The highest BCUT2D eigenvalue weighted by Gasteiger charge is 2.41. The molecule has 3 atom stereocenters. The van der Waals surface area contributed by atoms with Crippen molar-refractivity contribution in [2.45, 2.75) is 19.8 Å². The van der Waals surface area contributed by atoms with Gasteiger partial charge in [0.25, 0.3) is 0 Å². The van der Waals surface area contributed by atoms with Crippen LogP contribution in [0.3, 0.4) is 0 Å². The number of carbonyl (C=O) groups is 2. The number of benzene rings is 1. The topological polar surface area (TPSA) is 46.6 Å². The van der Waals surface area contributed by atoms with E-state index < -0.39 is 5.92 Å². The van der Waals surface area contributed by atoms with Gasteiger partial charge >= 0.3 is 5.97 Å². The number of halogens is 1. The van der Waals surface area contributed by atoms with E-state index in [2.05, 4.69) is 0 Å². The molecule has 6 heteroatoms. The third-order valence-corrected chi connectivity index (χ3v) is 4.36. The van der Waals surface area contributed by atoms with Crippen LogP contribution in [0.2, 0.25) is 0 Å². The zero-order valence-electron chi connectivity index (χ0n) is 13.2. The number of piperidine rings is 1. The molecule has 0 aromatic heterocycles. The molecule has 1 aliphatic rings. The SMILES string of the molecule is BN1C[C@@H](C=O)[C@H](c2cccc(F)c2C)[C@@H](C(=O)OCC)C1. The zero-order chi connectivity index (χ0) is 16.3. The summed E-state index contributed by atoms with van der Waals surface area (Å²) < 4.78 is 19.1. The molecule has 1 fully saturated rings. The lowest BCUT2D eigenvalue weighted by molar-refractivity contribution is -0.151. The van der Waals surface area contributed by atoms with Gasteiger partial charge < -0.3 is 14.3 Å². The van der Waals surface area contributed by atoms with Crippen LogP contribution in [0.25, 0.3) is 0 Å². The highest BCUT2D eigenvalue weighted by molar-refractivity contribution is 6.04. The summed E-state index contributed by atoms with van der Waals surface area (Å²) in [6.45, 7) is 4.79. The molecule has 4 nitrogen and oxygen atoms in total. The van der Waals surface area contributed by atoms with E-state index >= 15 is 0 Å². The largest absolute Gasteiger partial charge is 0.466 e. The average molecular weight is 305 g/mol. The molecular weight excluding hydrogens is 284 g/mol. The molecule has 0 N–H and O–H groups in total. The first-order chi connectivity index (χ1) is 10.5. The van der Waals surface area contributed by atoms with Crippen LogP contribution in [0.5, 0.6) is 0 Å². The van der Waals surface area contributed by atoms with Crippen molar-refractivity contribution in [2.24, 2.45) is 11.8 Å². The molecule has 118 valence electrons. The Hall–Kier alpha value is -1.69. The Bertz CT molecular complexity index is 566. The maximum atomic E-state index is 13.9. The fraction of sp³-hybridized carbons (Fsp3) is 0.500. The molecule has 1 aromatic carbocycles. The summed E-state index contributed by atoms with van der Waals surface area (Å²) in [6.07, 6.45) is 0.872. The Balaban J connectivity index is 2.46. The van der Waals surface area contributed by atoms with Gasteiger partial charge in [-0.25, -0.2) is 4.39 Å². The van der Waals surface area contributed by atoms with E-state index in [0.717, 1.165) is 11.8 Å². The molecule has 22 heavy (non-hydrogen) atoms. The Labute approximate surface area is 131 Å². The Morgan fingerprint density at radius 3 is 2.86 bits per heavy atom. The maximum absolute atomic E-state index is 13.9. The molecule has 0 amide bonds. The third kappa shape index (κ3) is 3.22. The summed E-state index contributed by atoms with van der Waals surface area (Å²) in [6, 6.07) is 4.82. The van der Waals surface area contributed by atoms with Crippen LogP contribution >= 0.6 is 0 Å². The van der Waals surface area contributed by atoms with Gasteiger partial charge in [-0.2, -0.15) is 0 Å². The van der Waals surface area contributed by atoms with Gasteiger partial charge in [-0.1, -0.05) is 12.1 Å². The molecule has 1 heterocycles. The van der Waals surface area contributed by atoms with Gasteiger partial charge in [-0.05, 0) is 37.6 Å². The zero-order valence-corrected chi connectivity index (χ0v) is 13.2. The van der Waals surface area contributed by atoms with Crippen molar-refractivity contribution in [2.75, 3.05) is 19.7 Å². The maximum Gasteiger partial charge on any atom is 0.310 e. The Kier molecular flexibility index (Phi) is 5.35. The van der Waals surface area contributed by atoms with E-state index in [-0.39, 0.29) is 23.6 Å². The number of rotatable bonds is 4. The van der Waals surface area contributed by atoms with Crippen LogP contribution < -0.4 is 0 Å². The molecule has 0 unspecified atom stereocenters. The fourth-order valence-electron chi connectivity index (χ4n) is 3.33. The highest BCUT2D eigenvalue weighted by Crippen LogP contribution is 2.38. The van der Waals surface area contributed by atoms with Crippen LogP contribution in [-0.2, 0) is 14.3 Å². The van der Waals surface area contributed by atoms with Crippen LogP contribution in [0.15, 0.2) is 18.2 Å². The first-order valence-electron chi connectivity index (χ1n) is 7.55. The van der Waals surface area contributed by atoms with Crippen molar-refractivity contribution in [3.8, 4) is 0 Å². The van der Waals surface area contributed by atoms with E-state index in [1.165, 1.54) is 6.07 Å². The van der Waals surface area contributed by atoms with Crippen molar-refractivity contribution in [3.63, 3.8) is 0 Å². The summed E-state index contributed by atoms with van der Waals surface area (Å²) in [5, 5.41) is 0. The molecule has 2 rings (SSSR count). The van der Waals surface area contributed by atoms with Crippen LogP contribution in [-0.4, -0.2) is 44.7 Å². The smallest absolute Gasteiger partial charge is 0.310 e. The number of ether oxygens (including phenoxy) is 1. The number of carbonyl (C=O) groups excluding carboxylic acids is 2. The molecular formula is C16H21BFNO3. The first-order valence-corrected chi connectivity index (χ1v) is 7.55. The predicted octanol–water partition coefficient (Wildman–Crippen LogP) is 1.08. The quantitative estimate of drug-likeness (QED) is 0.474. The number of hydrogen-bond donors (Lipinski definition) is 0. The second-order valence-corrected chi connectivity index (χ2v) is 5.86. The lowest BCUT2D eigenvalue weighted by Gasteiger charge is -2.40. The van der Waals surface area contributed by atoms with Gasteiger partial charge in [-0.3, -0.25) is 4.79 Å². The van der Waals surface area contributed by atoms with Crippen molar-refractivity contribution in [1.82, 2.24) is 4.81 Å². The van der Waals surface area contributed by atoms with E-state index in [0.29, 0.717) is 25.3 Å². The molecule has 0 bridgehead atoms. The van der Waals surface area contributed by atoms with Crippen LogP contribution in [0.4, 0.5) is 4.39 Å². The van der Waals surface area contributed by atoms with Gasteiger partial charge in [-0.15, -0.1) is 0 Å². The van der Waals surface area contributed by atoms with Crippen molar-refractivity contribution in [3.05, 3.63) is 35.1 Å². The fourth-order valence-corrected chi connectivity index (χ4v) is 3.33. The second kappa shape index (κ2) is 7.05. The van der Waals surface area contributed by atoms with Crippen molar-refractivity contribution < 1.29 is 18.7 Å². The van der Waals surface area contributed by atoms with Gasteiger partial charge in [0.2, 0.25) is 0 Å². The van der Waals surface area contributed by atoms with Crippen molar-refractivity contribution >= 4 is 20.2 Å². The summed E-state index contributed by atoms with van der Waals surface area (Å²) in [4.78, 5) is 25.8. The molecule has 0 spiro atoms.